The predicted molar refractivity (Wildman–Crippen MR) is 78.7 cm³/mol. The SMILES string of the molecule is CC(C(=O)Nc1ccc(Cl)c(N)c1)N1CC(=O)NC(=O)C1. The van der Waals surface area contributed by atoms with Gasteiger partial charge in [-0.2, -0.15) is 0 Å². The number of nitrogen functional groups attached to an aromatic ring is 1. The fourth-order valence-corrected chi connectivity index (χ4v) is 2.08. The maximum Gasteiger partial charge on any atom is 0.241 e. The number of rotatable bonds is 3. The number of nitrogens with zero attached hydrogens (tertiary/aromatic N) is 1. The molecule has 1 atom stereocenters. The summed E-state index contributed by atoms with van der Waals surface area (Å²) in [5, 5.41) is 5.26. The van der Waals surface area contributed by atoms with E-state index in [9.17, 15) is 14.4 Å². The van der Waals surface area contributed by atoms with Crippen molar-refractivity contribution in [1.82, 2.24) is 10.2 Å². The van der Waals surface area contributed by atoms with Crippen LogP contribution in [0.5, 0.6) is 0 Å². The topological polar surface area (TPSA) is 105 Å². The van der Waals surface area contributed by atoms with Crippen molar-refractivity contribution in [2.24, 2.45) is 0 Å². The Balaban J connectivity index is 2.03. The van der Waals surface area contributed by atoms with Crippen LogP contribution in [-0.2, 0) is 14.4 Å². The van der Waals surface area contributed by atoms with Crippen LogP contribution in [0, 0.1) is 0 Å². The third-order valence-electron chi connectivity index (χ3n) is 3.16. The molecule has 0 bridgehead atoms. The number of carbonyl (C=O) groups is 3. The van der Waals surface area contributed by atoms with E-state index >= 15 is 0 Å². The molecule has 0 saturated carbocycles. The van der Waals surface area contributed by atoms with Crippen LogP contribution in [0.2, 0.25) is 5.02 Å². The maximum absolute atomic E-state index is 12.2. The van der Waals surface area contributed by atoms with Crippen molar-refractivity contribution in [3.8, 4) is 0 Å². The van der Waals surface area contributed by atoms with Gasteiger partial charge in [0, 0.05) is 5.69 Å². The number of nitrogens with one attached hydrogen (secondary N) is 2. The molecule has 21 heavy (non-hydrogen) atoms. The van der Waals surface area contributed by atoms with Crippen LogP contribution in [0.3, 0.4) is 0 Å². The third kappa shape index (κ3) is 3.71. The standard InChI is InChI=1S/C13H15ClN4O3/c1-7(18-5-11(19)17-12(20)6-18)13(21)16-8-2-3-9(14)10(15)4-8/h2-4,7H,5-6,15H2,1H3,(H,16,21)(H,17,19,20). The van der Waals surface area contributed by atoms with Gasteiger partial charge in [-0.05, 0) is 25.1 Å². The summed E-state index contributed by atoms with van der Waals surface area (Å²) in [5.41, 5.74) is 6.52. The van der Waals surface area contributed by atoms with E-state index < -0.39 is 17.9 Å². The summed E-state index contributed by atoms with van der Waals surface area (Å²) in [6.07, 6.45) is 0. The van der Waals surface area contributed by atoms with Gasteiger partial charge in [-0.3, -0.25) is 24.6 Å². The summed E-state index contributed by atoms with van der Waals surface area (Å²) in [6.45, 7) is 1.63. The second-order valence-electron chi connectivity index (χ2n) is 4.78. The molecule has 1 aliphatic rings. The molecule has 8 heteroatoms. The number of nitrogens with two attached hydrogens (primary N) is 1. The minimum absolute atomic E-state index is 0.00306. The van der Waals surface area contributed by atoms with Crippen LogP contribution < -0.4 is 16.4 Å². The zero-order valence-electron chi connectivity index (χ0n) is 11.4. The summed E-state index contributed by atoms with van der Waals surface area (Å²) in [6, 6.07) is 4.12. The van der Waals surface area contributed by atoms with Crippen molar-refractivity contribution in [2.75, 3.05) is 24.1 Å². The Morgan fingerprint density at radius 1 is 1.38 bits per heavy atom. The molecule has 0 radical (unpaired) electrons. The lowest BCUT2D eigenvalue weighted by molar-refractivity contribution is -0.138. The van der Waals surface area contributed by atoms with Crippen LogP contribution in [-0.4, -0.2) is 41.8 Å². The minimum Gasteiger partial charge on any atom is -0.397 e. The van der Waals surface area contributed by atoms with Crippen molar-refractivity contribution in [1.29, 1.82) is 0 Å². The number of hydrogen-bond acceptors (Lipinski definition) is 5. The fraction of sp³-hybridized carbons (Fsp3) is 0.308. The molecule has 0 aromatic heterocycles. The van der Waals surface area contributed by atoms with E-state index in [0.717, 1.165) is 0 Å². The first-order valence-electron chi connectivity index (χ1n) is 6.29. The van der Waals surface area contributed by atoms with Gasteiger partial charge < -0.3 is 11.1 Å². The molecule has 3 amide bonds. The minimum atomic E-state index is -0.628. The zero-order valence-corrected chi connectivity index (χ0v) is 12.1. The Hall–Kier alpha value is -2.12. The number of piperazine rings is 1. The number of imide groups is 1. The van der Waals surface area contributed by atoms with Crippen LogP contribution in [0.25, 0.3) is 0 Å². The van der Waals surface area contributed by atoms with E-state index in [-0.39, 0.29) is 19.0 Å². The molecule has 1 aromatic carbocycles. The summed E-state index contributed by atoms with van der Waals surface area (Å²) in [7, 11) is 0. The quantitative estimate of drug-likeness (QED) is 0.547. The molecule has 7 nitrogen and oxygen atoms in total. The molecule has 1 fully saturated rings. The lowest BCUT2D eigenvalue weighted by atomic mass is 10.2. The van der Waals surface area contributed by atoms with Gasteiger partial charge >= 0.3 is 0 Å². The molecule has 4 N–H and O–H groups in total. The van der Waals surface area contributed by atoms with Crippen molar-refractivity contribution in [3.63, 3.8) is 0 Å². The zero-order chi connectivity index (χ0) is 15.6. The van der Waals surface area contributed by atoms with Gasteiger partial charge in [-0.15, -0.1) is 0 Å². The predicted octanol–water partition coefficient (Wildman–Crippen LogP) is 0.208. The van der Waals surface area contributed by atoms with Gasteiger partial charge in [0.25, 0.3) is 0 Å². The van der Waals surface area contributed by atoms with E-state index in [4.69, 9.17) is 17.3 Å². The highest BCUT2D eigenvalue weighted by Gasteiger charge is 2.29. The molecule has 0 spiro atoms. The Morgan fingerprint density at radius 2 is 2.00 bits per heavy atom. The molecule has 1 aromatic rings. The first-order valence-corrected chi connectivity index (χ1v) is 6.67. The van der Waals surface area contributed by atoms with Crippen molar-refractivity contribution in [2.45, 2.75) is 13.0 Å². The highest BCUT2D eigenvalue weighted by molar-refractivity contribution is 6.33. The molecule has 1 saturated heterocycles. The van der Waals surface area contributed by atoms with E-state index in [1.807, 2.05) is 0 Å². The summed E-state index contributed by atoms with van der Waals surface area (Å²) in [4.78, 5) is 36.3. The first kappa shape index (κ1) is 15.3. The maximum atomic E-state index is 12.2. The molecule has 1 aliphatic heterocycles. The summed E-state index contributed by atoms with van der Waals surface area (Å²) in [5.74, 6) is -1.16. The van der Waals surface area contributed by atoms with Crippen molar-refractivity contribution in [3.05, 3.63) is 23.2 Å². The fourth-order valence-electron chi connectivity index (χ4n) is 1.97. The van der Waals surface area contributed by atoms with E-state index in [1.54, 1.807) is 25.1 Å². The molecular formula is C13H15ClN4O3. The Morgan fingerprint density at radius 3 is 2.57 bits per heavy atom. The molecular weight excluding hydrogens is 296 g/mol. The van der Waals surface area contributed by atoms with E-state index in [0.29, 0.717) is 16.4 Å². The average Bonchev–Trinajstić information content (AvgIpc) is 2.41. The van der Waals surface area contributed by atoms with Crippen molar-refractivity contribution < 1.29 is 14.4 Å². The average molecular weight is 311 g/mol. The highest BCUT2D eigenvalue weighted by Crippen LogP contribution is 2.22. The van der Waals surface area contributed by atoms with Gasteiger partial charge in [0.05, 0.1) is 29.8 Å². The van der Waals surface area contributed by atoms with Crippen molar-refractivity contribution >= 4 is 40.7 Å². The normalized spacial score (nSPS) is 17.2. The second-order valence-corrected chi connectivity index (χ2v) is 5.19. The summed E-state index contributed by atoms with van der Waals surface area (Å²) < 4.78 is 0. The van der Waals surface area contributed by atoms with Gasteiger partial charge in [-0.25, -0.2) is 0 Å². The van der Waals surface area contributed by atoms with Gasteiger partial charge in [0.15, 0.2) is 0 Å². The number of benzene rings is 1. The Labute approximate surface area is 126 Å². The lowest BCUT2D eigenvalue weighted by Crippen LogP contribution is -2.56. The molecule has 112 valence electrons. The number of amides is 3. The van der Waals surface area contributed by atoms with Crippen LogP contribution in [0.4, 0.5) is 11.4 Å². The molecule has 1 unspecified atom stereocenters. The summed E-state index contributed by atoms with van der Waals surface area (Å²) >= 11 is 5.81. The van der Waals surface area contributed by atoms with E-state index in [1.165, 1.54) is 4.90 Å². The second kappa shape index (κ2) is 6.11. The number of carbonyl (C=O) groups excluding carboxylic acids is 3. The third-order valence-corrected chi connectivity index (χ3v) is 3.51. The smallest absolute Gasteiger partial charge is 0.241 e. The van der Waals surface area contributed by atoms with Gasteiger partial charge in [0.1, 0.15) is 0 Å². The largest absolute Gasteiger partial charge is 0.397 e. The number of halogens is 1. The van der Waals surface area contributed by atoms with Crippen LogP contribution in [0.1, 0.15) is 6.92 Å². The van der Waals surface area contributed by atoms with Crippen LogP contribution in [0.15, 0.2) is 18.2 Å². The Bertz CT molecular complexity index is 589. The van der Waals surface area contributed by atoms with Gasteiger partial charge in [0.2, 0.25) is 17.7 Å². The number of anilines is 2. The molecule has 2 rings (SSSR count). The number of hydrogen-bond donors (Lipinski definition) is 3. The molecule has 1 heterocycles. The molecule has 0 aliphatic carbocycles. The Kier molecular flexibility index (Phi) is 4.44. The lowest BCUT2D eigenvalue weighted by Gasteiger charge is -2.30. The van der Waals surface area contributed by atoms with Crippen LogP contribution >= 0.6 is 11.6 Å². The van der Waals surface area contributed by atoms with Gasteiger partial charge in [-0.1, -0.05) is 11.6 Å². The first-order chi connectivity index (χ1) is 9.86. The monoisotopic (exact) mass is 310 g/mol. The highest BCUT2D eigenvalue weighted by atomic mass is 35.5. The van der Waals surface area contributed by atoms with E-state index in [2.05, 4.69) is 10.6 Å².